The van der Waals surface area contributed by atoms with Gasteiger partial charge in [0, 0.05) is 23.8 Å². The van der Waals surface area contributed by atoms with Gasteiger partial charge in [0.15, 0.2) is 6.61 Å². The van der Waals surface area contributed by atoms with Crippen LogP contribution in [0.5, 0.6) is 5.75 Å². The van der Waals surface area contributed by atoms with Gasteiger partial charge in [-0.15, -0.1) is 0 Å². The largest absolute Gasteiger partial charge is 0.484 e. The van der Waals surface area contributed by atoms with E-state index >= 15 is 0 Å². The van der Waals surface area contributed by atoms with E-state index in [9.17, 15) is 13.2 Å². The molecule has 0 saturated carbocycles. The summed E-state index contributed by atoms with van der Waals surface area (Å²) in [6, 6.07) is 6.75. The van der Waals surface area contributed by atoms with Crippen molar-refractivity contribution in [2.75, 3.05) is 25.1 Å². The molecule has 7 nitrogen and oxygen atoms in total. The van der Waals surface area contributed by atoms with Gasteiger partial charge in [0.05, 0.1) is 6.26 Å². The first-order chi connectivity index (χ1) is 9.57. The number of carbonyl (C=O) groups is 1. The SMILES string of the molecule is CC(C)(CNC(=O)COc1cccc(N)c1)NS(C)(=O)=O. The van der Waals surface area contributed by atoms with Crippen LogP contribution in [0.4, 0.5) is 5.69 Å². The number of nitrogen functional groups attached to an aromatic ring is 1. The van der Waals surface area contributed by atoms with E-state index in [1.165, 1.54) is 0 Å². The van der Waals surface area contributed by atoms with E-state index in [-0.39, 0.29) is 19.1 Å². The number of hydrogen-bond donors (Lipinski definition) is 3. The summed E-state index contributed by atoms with van der Waals surface area (Å²) < 4.78 is 30.1. The lowest BCUT2D eigenvalue weighted by Crippen LogP contribution is -2.51. The van der Waals surface area contributed by atoms with Gasteiger partial charge in [0.2, 0.25) is 10.0 Å². The van der Waals surface area contributed by atoms with Gasteiger partial charge in [-0.1, -0.05) is 6.07 Å². The van der Waals surface area contributed by atoms with Gasteiger partial charge in [-0.05, 0) is 26.0 Å². The Kier molecular flexibility index (Phi) is 5.56. The number of ether oxygens (including phenoxy) is 1. The van der Waals surface area contributed by atoms with Crippen LogP contribution in [0.2, 0.25) is 0 Å². The summed E-state index contributed by atoms with van der Waals surface area (Å²) in [5.74, 6) is 0.152. The molecule has 21 heavy (non-hydrogen) atoms. The van der Waals surface area contributed by atoms with Crippen molar-refractivity contribution in [3.63, 3.8) is 0 Å². The van der Waals surface area contributed by atoms with Crippen molar-refractivity contribution >= 4 is 21.6 Å². The smallest absolute Gasteiger partial charge is 0.258 e. The fourth-order valence-electron chi connectivity index (χ4n) is 1.66. The van der Waals surface area contributed by atoms with Crippen molar-refractivity contribution < 1.29 is 17.9 Å². The van der Waals surface area contributed by atoms with Crippen molar-refractivity contribution in [3.05, 3.63) is 24.3 Å². The maximum Gasteiger partial charge on any atom is 0.258 e. The number of carbonyl (C=O) groups excluding carboxylic acids is 1. The van der Waals surface area contributed by atoms with Crippen molar-refractivity contribution in [2.45, 2.75) is 19.4 Å². The molecule has 4 N–H and O–H groups in total. The lowest BCUT2D eigenvalue weighted by atomic mass is 10.1. The van der Waals surface area contributed by atoms with Crippen molar-refractivity contribution in [3.8, 4) is 5.75 Å². The molecule has 0 aliphatic carbocycles. The Hall–Kier alpha value is -1.80. The highest BCUT2D eigenvalue weighted by molar-refractivity contribution is 7.88. The number of anilines is 1. The van der Waals surface area contributed by atoms with Crippen LogP contribution in [0.15, 0.2) is 24.3 Å². The van der Waals surface area contributed by atoms with Crippen LogP contribution in [0.25, 0.3) is 0 Å². The molecular formula is C13H21N3O4S. The normalized spacial score (nSPS) is 12.0. The van der Waals surface area contributed by atoms with Gasteiger partial charge < -0.3 is 15.8 Å². The molecule has 0 spiro atoms. The minimum atomic E-state index is -3.34. The van der Waals surface area contributed by atoms with Gasteiger partial charge in [-0.25, -0.2) is 13.1 Å². The monoisotopic (exact) mass is 315 g/mol. The quantitative estimate of drug-likeness (QED) is 0.618. The molecule has 0 unspecified atom stereocenters. The van der Waals surface area contributed by atoms with Crippen LogP contribution in [-0.2, 0) is 14.8 Å². The predicted octanol–water partition coefficient (Wildman–Crippen LogP) is 0.0916. The third-order valence-corrected chi connectivity index (χ3v) is 3.34. The molecule has 0 saturated heterocycles. The minimum Gasteiger partial charge on any atom is -0.484 e. The Bertz CT molecular complexity index is 599. The van der Waals surface area contributed by atoms with Gasteiger partial charge in [0.25, 0.3) is 5.91 Å². The van der Waals surface area contributed by atoms with E-state index in [0.29, 0.717) is 11.4 Å². The molecule has 1 aromatic carbocycles. The number of amides is 1. The number of hydrogen-bond acceptors (Lipinski definition) is 5. The fourth-order valence-corrected chi connectivity index (χ4v) is 2.74. The summed E-state index contributed by atoms with van der Waals surface area (Å²) in [6.45, 7) is 3.33. The maximum absolute atomic E-state index is 11.7. The second-order valence-corrected chi connectivity index (χ2v) is 7.14. The topological polar surface area (TPSA) is 111 Å². The van der Waals surface area contributed by atoms with Gasteiger partial charge in [-0.2, -0.15) is 0 Å². The third-order valence-electron chi connectivity index (χ3n) is 2.42. The Balaban J connectivity index is 2.41. The zero-order chi connectivity index (χ0) is 16.1. The molecule has 0 heterocycles. The molecule has 1 amide bonds. The van der Waals surface area contributed by atoms with Crippen LogP contribution < -0.4 is 20.5 Å². The predicted molar refractivity (Wildman–Crippen MR) is 81.4 cm³/mol. The summed E-state index contributed by atoms with van der Waals surface area (Å²) in [4.78, 5) is 11.7. The van der Waals surface area contributed by atoms with E-state index in [1.54, 1.807) is 38.1 Å². The fraction of sp³-hybridized carbons (Fsp3) is 0.462. The average molecular weight is 315 g/mol. The molecule has 0 bridgehead atoms. The van der Waals surface area contributed by atoms with Gasteiger partial charge in [0.1, 0.15) is 5.75 Å². The highest BCUT2D eigenvalue weighted by Gasteiger charge is 2.22. The molecule has 118 valence electrons. The molecule has 0 aromatic heterocycles. The molecule has 0 radical (unpaired) electrons. The molecule has 1 aromatic rings. The van der Waals surface area contributed by atoms with Crippen LogP contribution >= 0.6 is 0 Å². The number of benzene rings is 1. The Labute approximate surface area is 124 Å². The number of nitrogens with two attached hydrogens (primary N) is 1. The Morgan fingerprint density at radius 1 is 1.38 bits per heavy atom. The zero-order valence-electron chi connectivity index (χ0n) is 12.3. The number of rotatable bonds is 7. The highest BCUT2D eigenvalue weighted by atomic mass is 32.2. The third kappa shape index (κ3) is 7.52. The lowest BCUT2D eigenvalue weighted by Gasteiger charge is -2.25. The summed E-state index contributed by atoms with van der Waals surface area (Å²) in [5, 5.41) is 2.61. The molecule has 0 atom stereocenters. The first-order valence-corrected chi connectivity index (χ1v) is 8.20. The summed E-state index contributed by atoms with van der Waals surface area (Å²) in [6.07, 6.45) is 1.07. The first kappa shape index (κ1) is 17.3. The van der Waals surface area contributed by atoms with Crippen molar-refractivity contribution in [2.24, 2.45) is 0 Å². The molecule has 8 heteroatoms. The number of sulfonamides is 1. The maximum atomic E-state index is 11.7. The molecule has 0 fully saturated rings. The van der Waals surface area contributed by atoms with Crippen molar-refractivity contribution in [1.82, 2.24) is 10.0 Å². The average Bonchev–Trinajstić information content (AvgIpc) is 2.31. The van der Waals surface area contributed by atoms with E-state index in [1.807, 2.05) is 0 Å². The number of nitrogens with one attached hydrogen (secondary N) is 2. The highest BCUT2D eigenvalue weighted by Crippen LogP contribution is 2.14. The lowest BCUT2D eigenvalue weighted by molar-refractivity contribution is -0.123. The summed E-state index contributed by atoms with van der Waals surface area (Å²) in [7, 11) is -3.34. The van der Waals surface area contributed by atoms with E-state index in [0.717, 1.165) is 6.26 Å². The van der Waals surface area contributed by atoms with Gasteiger partial charge >= 0.3 is 0 Å². The molecule has 0 aliphatic rings. The van der Waals surface area contributed by atoms with Crippen molar-refractivity contribution in [1.29, 1.82) is 0 Å². The summed E-state index contributed by atoms with van der Waals surface area (Å²) >= 11 is 0. The standard InChI is InChI=1S/C13H21N3O4S/c1-13(2,16-21(3,18)19)9-15-12(17)8-20-11-6-4-5-10(14)7-11/h4-7,16H,8-9,14H2,1-3H3,(H,15,17). The van der Waals surface area contributed by atoms with E-state index in [4.69, 9.17) is 10.5 Å². The first-order valence-electron chi connectivity index (χ1n) is 6.31. The second-order valence-electron chi connectivity index (χ2n) is 5.40. The zero-order valence-corrected chi connectivity index (χ0v) is 13.2. The molecule has 0 aliphatic heterocycles. The molecular weight excluding hydrogens is 294 g/mol. The van der Waals surface area contributed by atoms with Crippen LogP contribution in [0, 0.1) is 0 Å². The van der Waals surface area contributed by atoms with Crippen LogP contribution in [-0.4, -0.2) is 39.3 Å². The Morgan fingerprint density at radius 2 is 2.05 bits per heavy atom. The van der Waals surface area contributed by atoms with Crippen LogP contribution in [0.1, 0.15) is 13.8 Å². The minimum absolute atomic E-state index is 0.152. The Morgan fingerprint density at radius 3 is 2.62 bits per heavy atom. The van der Waals surface area contributed by atoms with E-state index < -0.39 is 15.6 Å². The van der Waals surface area contributed by atoms with Crippen LogP contribution in [0.3, 0.4) is 0 Å². The summed E-state index contributed by atoms with van der Waals surface area (Å²) in [5.41, 5.74) is 5.36. The molecule has 1 rings (SSSR count). The van der Waals surface area contributed by atoms with E-state index in [2.05, 4.69) is 10.0 Å². The van der Waals surface area contributed by atoms with Gasteiger partial charge in [-0.3, -0.25) is 4.79 Å². The second kappa shape index (κ2) is 6.77.